The summed E-state index contributed by atoms with van der Waals surface area (Å²) in [5.41, 5.74) is 11.8. The number of quaternary nitrogens is 1. The highest BCUT2D eigenvalue weighted by Crippen LogP contribution is 2.13. The zero-order valence-corrected chi connectivity index (χ0v) is 6.41. The Balaban J connectivity index is 3.00. The third-order valence-electron chi connectivity index (χ3n) is 1.35. The topological polar surface area (TPSA) is 94.4 Å². The fourth-order valence-electron chi connectivity index (χ4n) is 0.837. The van der Waals surface area contributed by atoms with Crippen LogP contribution in [0.1, 0.15) is 6.92 Å². The maximum Gasteiger partial charge on any atom is 0.214 e. The maximum atomic E-state index is 5.55. The Hall–Kier alpha value is -1.36. The minimum absolute atomic E-state index is 0.444. The molecule has 60 valence electrons. The van der Waals surface area contributed by atoms with E-state index in [4.69, 9.17) is 11.5 Å². The van der Waals surface area contributed by atoms with Gasteiger partial charge in [0.1, 0.15) is 6.33 Å². The fourth-order valence-corrected chi connectivity index (χ4v) is 0.837. The summed E-state index contributed by atoms with van der Waals surface area (Å²) in [4.78, 5) is 7.63. The largest absolute Gasteiger partial charge is 0.379 e. The fraction of sp³-hybridized carbons (Fsp3) is 0.333. The summed E-state index contributed by atoms with van der Waals surface area (Å²) in [6.07, 6.45) is 1.36. The molecule has 1 heterocycles. The lowest BCUT2D eigenvalue weighted by atomic mass is 10.4. The molecule has 0 amide bonds. The van der Waals surface area contributed by atoms with Crippen LogP contribution in [-0.2, 0) is 0 Å². The van der Waals surface area contributed by atoms with Crippen molar-refractivity contribution in [2.75, 3.05) is 18.0 Å². The lowest BCUT2D eigenvalue weighted by molar-refractivity contribution is -0.566. The van der Waals surface area contributed by atoms with Crippen LogP contribution in [0.15, 0.2) is 6.33 Å². The third kappa shape index (κ3) is 1.56. The van der Waals surface area contributed by atoms with E-state index in [-0.39, 0.29) is 0 Å². The van der Waals surface area contributed by atoms with Gasteiger partial charge in [-0.1, -0.05) is 0 Å². The molecule has 0 radical (unpaired) electrons. The Kier molecular flexibility index (Phi) is 2.22. The standard InChI is InChI=1S/C6H11N5/c1-2-9-4-5(7)10-3-11-6(4)8/h3,9H,2H2,1H3,(H4,7,8,10,11)/p+1. The van der Waals surface area contributed by atoms with Crippen molar-refractivity contribution in [2.24, 2.45) is 0 Å². The van der Waals surface area contributed by atoms with E-state index < -0.39 is 0 Å². The number of nitrogens with two attached hydrogens (primary N) is 3. The second-order valence-electron chi connectivity index (χ2n) is 2.17. The average Bonchev–Trinajstić information content (AvgIpc) is 1.97. The van der Waals surface area contributed by atoms with Crippen LogP contribution in [0.5, 0.6) is 0 Å². The van der Waals surface area contributed by atoms with Crippen molar-refractivity contribution >= 4 is 17.3 Å². The van der Waals surface area contributed by atoms with Gasteiger partial charge in [-0.2, -0.15) is 0 Å². The van der Waals surface area contributed by atoms with Crippen molar-refractivity contribution in [2.45, 2.75) is 6.92 Å². The Bertz CT molecular complexity index is 226. The molecular formula is C6H12N5+. The second kappa shape index (κ2) is 3.16. The van der Waals surface area contributed by atoms with Gasteiger partial charge in [0.05, 0.1) is 6.54 Å². The quantitative estimate of drug-likeness (QED) is 0.501. The molecule has 0 aliphatic rings. The van der Waals surface area contributed by atoms with E-state index in [0.717, 1.165) is 12.2 Å². The molecule has 6 N–H and O–H groups in total. The lowest BCUT2D eigenvalue weighted by Crippen LogP contribution is -2.77. The number of nitrogens with zero attached hydrogens (tertiary/aromatic N) is 2. The minimum Gasteiger partial charge on any atom is -0.379 e. The summed E-state index contributed by atoms with van der Waals surface area (Å²) < 4.78 is 0. The minimum atomic E-state index is 0.444. The van der Waals surface area contributed by atoms with Gasteiger partial charge in [0.2, 0.25) is 5.69 Å². The molecule has 0 saturated carbocycles. The normalized spacial score (nSPS) is 9.91. The van der Waals surface area contributed by atoms with Gasteiger partial charge in [-0.3, -0.25) is 0 Å². The molecule has 0 atom stereocenters. The molecule has 0 aromatic carbocycles. The first-order valence-corrected chi connectivity index (χ1v) is 3.44. The van der Waals surface area contributed by atoms with E-state index in [2.05, 4.69) is 9.97 Å². The molecule has 0 bridgehead atoms. The first-order chi connectivity index (χ1) is 5.25. The van der Waals surface area contributed by atoms with Gasteiger partial charge < -0.3 is 16.8 Å². The molecule has 0 aliphatic heterocycles. The van der Waals surface area contributed by atoms with Crippen molar-refractivity contribution in [3.63, 3.8) is 0 Å². The van der Waals surface area contributed by atoms with Crippen LogP contribution in [0.4, 0.5) is 17.3 Å². The predicted octanol–water partition coefficient (Wildman–Crippen LogP) is -1.14. The van der Waals surface area contributed by atoms with E-state index in [1.807, 2.05) is 12.2 Å². The summed E-state index contributed by atoms with van der Waals surface area (Å²) in [6, 6.07) is 0. The van der Waals surface area contributed by atoms with Gasteiger partial charge in [-0.25, -0.2) is 9.97 Å². The smallest absolute Gasteiger partial charge is 0.214 e. The van der Waals surface area contributed by atoms with Gasteiger partial charge in [0, 0.05) is 0 Å². The number of hydrogen-bond donors (Lipinski definition) is 3. The van der Waals surface area contributed by atoms with E-state index in [0.29, 0.717) is 11.6 Å². The molecule has 5 nitrogen and oxygen atoms in total. The molecule has 1 aromatic rings. The predicted molar refractivity (Wildman–Crippen MR) is 43.0 cm³/mol. The monoisotopic (exact) mass is 154 g/mol. The zero-order chi connectivity index (χ0) is 8.27. The van der Waals surface area contributed by atoms with Crippen molar-refractivity contribution in [1.29, 1.82) is 0 Å². The highest BCUT2D eigenvalue weighted by Gasteiger charge is 2.07. The van der Waals surface area contributed by atoms with E-state index in [9.17, 15) is 0 Å². The van der Waals surface area contributed by atoms with Crippen molar-refractivity contribution in [3.05, 3.63) is 6.33 Å². The molecule has 5 heteroatoms. The highest BCUT2D eigenvalue weighted by molar-refractivity contribution is 5.63. The Labute approximate surface area is 64.8 Å². The van der Waals surface area contributed by atoms with Gasteiger partial charge in [0.15, 0.2) is 11.6 Å². The van der Waals surface area contributed by atoms with Crippen LogP contribution >= 0.6 is 0 Å². The van der Waals surface area contributed by atoms with E-state index >= 15 is 0 Å². The number of aromatic nitrogens is 2. The maximum absolute atomic E-state index is 5.55. The average molecular weight is 154 g/mol. The molecule has 0 fully saturated rings. The van der Waals surface area contributed by atoms with Crippen LogP contribution in [0.25, 0.3) is 0 Å². The lowest BCUT2D eigenvalue weighted by Gasteiger charge is -2.01. The summed E-state index contributed by atoms with van der Waals surface area (Å²) >= 11 is 0. The number of anilines is 2. The van der Waals surface area contributed by atoms with Gasteiger partial charge in [0.25, 0.3) is 0 Å². The Morgan fingerprint density at radius 1 is 1.36 bits per heavy atom. The molecule has 11 heavy (non-hydrogen) atoms. The first-order valence-electron chi connectivity index (χ1n) is 3.44. The SMILES string of the molecule is CC[NH2+]c1c(N)ncnc1N. The highest BCUT2D eigenvalue weighted by atomic mass is 15.0. The van der Waals surface area contributed by atoms with E-state index in [1.54, 1.807) is 0 Å². The molecule has 1 aromatic heterocycles. The first kappa shape index (κ1) is 7.74. The number of rotatable bonds is 2. The van der Waals surface area contributed by atoms with Crippen molar-refractivity contribution in [1.82, 2.24) is 9.97 Å². The number of hydrogen-bond acceptors (Lipinski definition) is 4. The second-order valence-corrected chi connectivity index (χ2v) is 2.17. The molecule has 0 unspecified atom stereocenters. The van der Waals surface area contributed by atoms with Crippen LogP contribution in [-0.4, -0.2) is 16.5 Å². The zero-order valence-electron chi connectivity index (χ0n) is 6.41. The van der Waals surface area contributed by atoms with Crippen LogP contribution < -0.4 is 16.8 Å². The van der Waals surface area contributed by atoms with Crippen LogP contribution in [0.3, 0.4) is 0 Å². The molecular weight excluding hydrogens is 142 g/mol. The number of nitrogen functional groups attached to an aromatic ring is 2. The Morgan fingerprint density at radius 2 is 1.91 bits per heavy atom. The van der Waals surface area contributed by atoms with Crippen LogP contribution in [0, 0.1) is 0 Å². The van der Waals surface area contributed by atoms with Gasteiger partial charge in [-0.05, 0) is 6.92 Å². The van der Waals surface area contributed by atoms with Crippen molar-refractivity contribution in [3.8, 4) is 0 Å². The van der Waals surface area contributed by atoms with Crippen molar-refractivity contribution < 1.29 is 5.32 Å². The van der Waals surface area contributed by atoms with Crippen LogP contribution in [0.2, 0.25) is 0 Å². The molecule has 0 spiro atoms. The van der Waals surface area contributed by atoms with E-state index in [1.165, 1.54) is 6.33 Å². The Morgan fingerprint density at radius 3 is 2.36 bits per heavy atom. The summed E-state index contributed by atoms with van der Waals surface area (Å²) in [5.74, 6) is 0.888. The van der Waals surface area contributed by atoms with Gasteiger partial charge in [-0.15, -0.1) is 0 Å². The molecule has 1 rings (SSSR count). The molecule has 0 aliphatic carbocycles. The molecule has 0 saturated heterocycles. The van der Waals surface area contributed by atoms with Gasteiger partial charge >= 0.3 is 0 Å². The summed E-state index contributed by atoms with van der Waals surface area (Å²) in [7, 11) is 0. The summed E-state index contributed by atoms with van der Waals surface area (Å²) in [6.45, 7) is 2.88. The summed E-state index contributed by atoms with van der Waals surface area (Å²) in [5, 5.41) is 1.91. The third-order valence-corrected chi connectivity index (χ3v) is 1.35.